The molecular weight excluding hydrogens is 264 g/mol. The van der Waals surface area contributed by atoms with E-state index in [9.17, 15) is 0 Å². The number of nitrogens with zero attached hydrogens (tertiary/aromatic N) is 1. The third kappa shape index (κ3) is 3.89. The zero-order valence-corrected chi connectivity index (χ0v) is 13.7. The Morgan fingerprint density at radius 3 is 2.24 bits per heavy atom. The maximum absolute atomic E-state index is 5.99. The summed E-state index contributed by atoms with van der Waals surface area (Å²) >= 11 is 0. The number of methoxy groups -OCH3 is 2. The molecule has 0 atom stereocenters. The quantitative estimate of drug-likeness (QED) is 0.906. The third-order valence-corrected chi connectivity index (χ3v) is 4.63. The molecule has 1 aromatic carbocycles. The zero-order chi connectivity index (χ0) is 15.4. The van der Waals surface area contributed by atoms with E-state index in [4.69, 9.17) is 15.2 Å². The predicted molar refractivity (Wildman–Crippen MR) is 86.0 cm³/mol. The Labute approximate surface area is 128 Å². The van der Waals surface area contributed by atoms with Gasteiger partial charge in [-0.15, -0.1) is 0 Å². The van der Waals surface area contributed by atoms with E-state index in [1.807, 2.05) is 0 Å². The van der Waals surface area contributed by atoms with Crippen LogP contribution in [-0.4, -0.2) is 38.3 Å². The van der Waals surface area contributed by atoms with Crippen LogP contribution in [-0.2, 0) is 6.54 Å². The van der Waals surface area contributed by atoms with E-state index in [-0.39, 0.29) is 0 Å². The van der Waals surface area contributed by atoms with E-state index >= 15 is 0 Å². The molecule has 4 nitrogen and oxygen atoms in total. The molecule has 0 bridgehead atoms. The lowest BCUT2D eigenvalue weighted by molar-refractivity contribution is 0.176. The van der Waals surface area contributed by atoms with Crippen LogP contribution in [0.2, 0.25) is 0 Å². The summed E-state index contributed by atoms with van der Waals surface area (Å²) in [5.74, 6) is 1.60. The molecule has 118 valence electrons. The Balaban J connectivity index is 2.08. The predicted octanol–water partition coefficient (Wildman–Crippen LogP) is 2.71. The van der Waals surface area contributed by atoms with Crippen LogP contribution in [0.15, 0.2) is 12.1 Å². The van der Waals surface area contributed by atoms with Gasteiger partial charge in [-0.1, -0.05) is 0 Å². The molecule has 21 heavy (non-hydrogen) atoms. The Kier molecular flexibility index (Phi) is 5.48. The summed E-state index contributed by atoms with van der Waals surface area (Å²) < 4.78 is 10.8. The van der Waals surface area contributed by atoms with E-state index < -0.39 is 0 Å². The topological polar surface area (TPSA) is 47.7 Å². The van der Waals surface area contributed by atoms with Gasteiger partial charge in [0.15, 0.2) is 11.5 Å². The van der Waals surface area contributed by atoms with Crippen LogP contribution in [0.5, 0.6) is 11.5 Å². The van der Waals surface area contributed by atoms with Gasteiger partial charge in [0.25, 0.3) is 0 Å². The fourth-order valence-corrected chi connectivity index (χ4v) is 3.13. The highest BCUT2D eigenvalue weighted by Crippen LogP contribution is 2.31. The second-order valence-corrected chi connectivity index (χ2v) is 6.12. The van der Waals surface area contributed by atoms with Crippen molar-refractivity contribution >= 4 is 0 Å². The van der Waals surface area contributed by atoms with Crippen molar-refractivity contribution in [2.75, 3.05) is 21.3 Å². The largest absolute Gasteiger partial charge is 0.493 e. The molecule has 1 aromatic rings. The van der Waals surface area contributed by atoms with Crippen molar-refractivity contribution in [1.29, 1.82) is 0 Å². The maximum atomic E-state index is 5.99. The molecule has 2 N–H and O–H groups in total. The van der Waals surface area contributed by atoms with Crippen LogP contribution in [0.3, 0.4) is 0 Å². The molecule has 0 aliphatic heterocycles. The summed E-state index contributed by atoms with van der Waals surface area (Å²) in [6, 6.07) is 5.19. The molecule has 0 unspecified atom stereocenters. The molecule has 2 rings (SSSR count). The average molecular weight is 292 g/mol. The minimum atomic E-state index is 0.400. The molecule has 1 aliphatic carbocycles. The summed E-state index contributed by atoms with van der Waals surface area (Å²) in [6.07, 6.45) is 4.67. The van der Waals surface area contributed by atoms with Crippen molar-refractivity contribution < 1.29 is 9.47 Å². The lowest BCUT2D eigenvalue weighted by Crippen LogP contribution is -2.38. The van der Waals surface area contributed by atoms with Gasteiger partial charge in [-0.3, -0.25) is 4.90 Å². The highest BCUT2D eigenvalue weighted by molar-refractivity contribution is 5.47. The van der Waals surface area contributed by atoms with Crippen LogP contribution < -0.4 is 15.2 Å². The number of hydrogen-bond acceptors (Lipinski definition) is 4. The summed E-state index contributed by atoms with van der Waals surface area (Å²) in [4.78, 5) is 2.44. The highest BCUT2D eigenvalue weighted by Gasteiger charge is 2.22. The second kappa shape index (κ2) is 7.14. The second-order valence-electron chi connectivity index (χ2n) is 6.12. The molecule has 4 heteroatoms. The number of hydrogen-bond donors (Lipinski definition) is 1. The van der Waals surface area contributed by atoms with E-state index in [2.05, 4.69) is 31.0 Å². The van der Waals surface area contributed by atoms with E-state index in [1.165, 1.54) is 24.0 Å². The van der Waals surface area contributed by atoms with Gasteiger partial charge < -0.3 is 15.2 Å². The number of rotatable bonds is 5. The molecule has 0 radical (unpaired) electrons. The first-order valence-corrected chi connectivity index (χ1v) is 7.72. The molecule has 1 saturated carbocycles. The van der Waals surface area contributed by atoms with Crippen LogP contribution >= 0.6 is 0 Å². The van der Waals surface area contributed by atoms with E-state index in [0.29, 0.717) is 12.1 Å². The normalized spacial score (nSPS) is 22.4. The molecule has 0 heterocycles. The summed E-state index contributed by atoms with van der Waals surface area (Å²) in [7, 11) is 5.56. The average Bonchev–Trinajstić information content (AvgIpc) is 2.49. The van der Waals surface area contributed by atoms with Gasteiger partial charge >= 0.3 is 0 Å². The van der Waals surface area contributed by atoms with Gasteiger partial charge in [0, 0.05) is 18.6 Å². The van der Waals surface area contributed by atoms with Gasteiger partial charge in [-0.25, -0.2) is 0 Å². The molecule has 0 aromatic heterocycles. The van der Waals surface area contributed by atoms with Crippen molar-refractivity contribution in [2.24, 2.45) is 5.73 Å². The summed E-state index contributed by atoms with van der Waals surface area (Å²) in [6.45, 7) is 3.06. The minimum Gasteiger partial charge on any atom is -0.493 e. The lowest BCUT2D eigenvalue weighted by atomic mass is 9.90. The zero-order valence-electron chi connectivity index (χ0n) is 13.7. The molecular formula is C17H28N2O2. The fraction of sp³-hybridized carbons (Fsp3) is 0.647. The minimum absolute atomic E-state index is 0.400. The Morgan fingerprint density at radius 1 is 1.10 bits per heavy atom. The van der Waals surface area contributed by atoms with Crippen molar-refractivity contribution in [2.45, 2.75) is 51.2 Å². The fourth-order valence-electron chi connectivity index (χ4n) is 3.13. The number of ether oxygens (including phenoxy) is 2. The van der Waals surface area contributed by atoms with Gasteiger partial charge in [-0.05, 0) is 62.9 Å². The summed E-state index contributed by atoms with van der Waals surface area (Å²) in [5, 5.41) is 0. The standard InChI is InChI=1S/C17H28N2O2/c1-12-9-16(20-3)17(21-4)10-13(12)11-19(2)15-7-5-14(18)6-8-15/h9-10,14-15H,5-8,11,18H2,1-4H3. The monoisotopic (exact) mass is 292 g/mol. The first-order valence-electron chi connectivity index (χ1n) is 7.72. The number of benzene rings is 1. The third-order valence-electron chi connectivity index (χ3n) is 4.63. The van der Waals surface area contributed by atoms with Crippen LogP contribution in [0.25, 0.3) is 0 Å². The van der Waals surface area contributed by atoms with Crippen LogP contribution in [0, 0.1) is 6.92 Å². The van der Waals surface area contributed by atoms with E-state index in [1.54, 1.807) is 14.2 Å². The molecule has 0 spiro atoms. The van der Waals surface area contributed by atoms with Gasteiger partial charge in [0.1, 0.15) is 0 Å². The first-order chi connectivity index (χ1) is 10.0. The smallest absolute Gasteiger partial charge is 0.161 e. The van der Waals surface area contributed by atoms with Crippen LogP contribution in [0.4, 0.5) is 0 Å². The van der Waals surface area contributed by atoms with Crippen molar-refractivity contribution in [3.63, 3.8) is 0 Å². The summed E-state index contributed by atoms with van der Waals surface area (Å²) in [5.41, 5.74) is 8.53. The number of aryl methyl sites for hydroxylation is 1. The van der Waals surface area contributed by atoms with Crippen LogP contribution in [0.1, 0.15) is 36.8 Å². The highest BCUT2D eigenvalue weighted by atomic mass is 16.5. The SMILES string of the molecule is COc1cc(C)c(CN(C)C2CCC(N)CC2)cc1OC. The van der Waals surface area contributed by atoms with Gasteiger partial charge in [0.2, 0.25) is 0 Å². The first kappa shape index (κ1) is 16.1. The van der Waals surface area contributed by atoms with E-state index in [0.717, 1.165) is 30.9 Å². The Morgan fingerprint density at radius 2 is 1.67 bits per heavy atom. The maximum Gasteiger partial charge on any atom is 0.161 e. The Hall–Kier alpha value is -1.26. The molecule has 1 aliphatic rings. The van der Waals surface area contributed by atoms with Crippen molar-refractivity contribution in [3.8, 4) is 11.5 Å². The molecule has 0 saturated heterocycles. The lowest BCUT2D eigenvalue weighted by Gasteiger charge is -2.33. The van der Waals surface area contributed by atoms with Gasteiger partial charge in [-0.2, -0.15) is 0 Å². The Bertz CT molecular complexity index is 468. The molecule has 1 fully saturated rings. The molecule has 0 amide bonds. The number of nitrogens with two attached hydrogens (primary N) is 1. The van der Waals surface area contributed by atoms with Crippen molar-refractivity contribution in [1.82, 2.24) is 4.90 Å². The van der Waals surface area contributed by atoms with Gasteiger partial charge in [0.05, 0.1) is 14.2 Å². The van der Waals surface area contributed by atoms with Crippen molar-refractivity contribution in [3.05, 3.63) is 23.3 Å².